The molecular formula is C32H40N2O4. The van der Waals surface area contributed by atoms with Crippen LogP contribution in [0.15, 0.2) is 52.9 Å². The van der Waals surface area contributed by atoms with Gasteiger partial charge in [-0.05, 0) is 110 Å². The Hall–Kier alpha value is -3.54. The van der Waals surface area contributed by atoms with Crippen LogP contribution in [-0.4, -0.2) is 17.6 Å². The molecule has 3 aromatic rings. The van der Waals surface area contributed by atoms with E-state index in [9.17, 15) is 9.59 Å². The lowest BCUT2D eigenvalue weighted by atomic mass is 9.62. The summed E-state index contributed by atoms with van der Waals surface area (Å²) >= 11 is 0. The number of amides is 2. The molecule has 6 heteroatoms. The highest BCUT2D eigenvalue weighted by Crippen LogP contribution is 2.46. The molecule has 0 saturated heterocycles. The summed E-state index contributed by atoms with van der Waals surface area (Å²) in [5.74, 6) is 0.685. The second-order valence-corrected chi connectivity index (χ2v) is 12.7. The third-order valence-corrected chi connectivity index (χ3v) is 7.35. The van der Waals surface area contributed by atoms with Gasteiger partial charge < -0.3 is 14.5 Å². The predicted octanol–water partition coefficient (Wildman–Crippen LogP) is 8.13. The van der Waals surface area contributed by atoms with Crippen molar-refractivity contribution >= 4 is 23.4 Å². The average molecular weight is 517 g/mol. The topological polar surface area (TPSA) is 80.6 Å². The minimum Gasteiger partial charge on any atom is -0.456 e. The Morgan fingerprint density at radius 2 is 1.42 bits per heavy atom. The zero-order valence-corrected chi connectivity index (χ0v) is 23.9. The van der Waals surface area contributed by atoms with Crippen LogP contribution in [0.2, 0.25) is 0 Å². The lowest BCUT2D eigenvalue weighted by Crippen LogP contribution is -2.34. The van der Waals surface area contributed by atoms with Gasteiger partial charge in [-0.25, -0.2) is 4.79 Å². The van der Waals surface area contributed by atoms with Crippen LogP contribution in [0.4, 0.5) is 16.2 Å². The lowest BCUT2D eigenvalue weighted by molar-refractivity contribution is 0.0635. The molecule has 0 unspecified atom stereocenters. The molecule has 1 aromatic heterocycles. The van der Waals surface area contributed by atoms with Crippen LogP contribution in [0, 0.1) is 6.92 Å². The summed E-state index contributed by atoms with van der Waals surface area (Å²) in [4.78, 5) is 24.8. The van der Waals surface area contributed by atoms with Crippen LogP contribution >= 0.6 is 0 Å². The van der Waals surface area contributed by atoms with Gasteiger partial charge in [-0.15, -0.1) is 0 Å². The summed E-state index contributed by atoms with van der Waals surface area (Å²) < 4.78 is 11.2. The number of carbonyl (C=O) groups is 2. The number of ether oxygens (including phenoxy) is 1. The summed E-state index contributed by atoms with van der Waals surface area (Å²) in [5, 5.41) is 5.53. The molecule has 6 nitrogen and oxygen atoms in total. The van der Waals surface area contributed by atoms with Crippen molar-refractivity contribution in [2.45, 2.75) is 91.1 Å². The molecule has 0 atom stereocenters. The van der Waals surface area contributed by atoms with E-state index in [1.165, 1.54) is 35.1 Å². The van der Waals surface area contributed by atoms with Crippen molar-refractivity contribution in [2.24, 2.45) is 0 Å². The Bertz CT molecular complexity index is 1340. The van der Waals surface area contributed by atoms with E-state index in [4.69, 9.17) is 9.15 Å². The van der Waals surface area contributed by atoms with Crippen molar-refractivity contribution in [3.63, 3.8) is 0 Å². The maximum absolute atomic E-state index is 12.8. The number of anilines is 2. The van der Waals surface area contributed by atoms with E-state index in [0.717, 1.165) is 5.76 Å². The van der Waals surface area contributed by atoms with Gasteiger partial charge in [0.05, 0.1) is 0 Å². The van der Waals surface area contributed by atoms with Crippen molar-refractivity contribution in [3.05, 3.63) is 82.3 Å². The second-order valence-electron chi connectivity index (χ2n) is 12.7. The molecule has 4 rings (SSSR count). The van der Waals surface area contributed by atoms with E-state index in [-0.39, 0.29) is 22.5 Å². The number of furan rings is 1. The maximum atomic E-state index is 12.8. The van der Waals surface area contributed by atoms with Gasteiger partial charge in [0.1, 0.15) is 11.4 Å². The molecule has 0 bridgehead atoms. The van der Waals surface area contributed by atoms with Gasteiger partial charge in [-0.1, -0.05) is 39.8 Å². The molecule has 2 N–H and O–H groups in total. The van der Waals surface area contributed by atoms with Gasteiger partial charge in [-0.2, -0.15) is 0 Å². The zero-order chi connectivity index (χ0) is 27.9. The number of benzene rings is 2. The largest absolute Gasteiger partial charge is 0.456 e. The highest BCUT2D eigenvalue weighted by molar-refractivity contribution is 6.02. The monoisotopic (exact) mass is 516 g/mol. The molecule has 38 heavy (non-hydrogen) atoms. The van der Waals surface area contributed by atoms with Gasteiger partial charge in [-0.3, -0.25) is 10.1 Å². The van der Waals surface area contributed by atoms with Crippen LogP contribution in [0.3, 0.4) is 0 Å². The van der Waals surface area contributed by atoms with Gasteiger partial charge in [0.15, 0.2) is 5.76 Å². The molecule has 1 aliphatic carbocycles. The molecule has 1 aliphatic rings. The first-order valence-corrected chi connectivity index (χ1v) is 13.3. The van der Waals surface area contributed by atoms with E-state index in [1.54, 1.807) is 51.1 Å². The maximum Gasteiger partial charge on any atom is 0.412 e. The number of hydrogen-bond donors (Lipinski definition) is 2. The number of nitrogens with one attached hydrogen (secondary N) is 2. The Balaban J connectivity index is 1.42. The fourth-order valence-corrected chi connectivity index (χ4v) is 4.99. The van der Waals surface area contributed by atoms with Crippen molar-refractivity contribution in [3.8, 4) is 0 Å². The first-order valence-electron chi connectivity index (χ1n) is 13.3. The minimum atomic E-state index is -0.577. The third-order valence-electron chi connectivity index (χ3n) is 7.35. The Kier molecular flexibility index (Phi) is 7.21. The molecule has 0 spiro atoms. The normalized spacial score (nSPS) is 15.9. The van der Waals surface area contributed by atoms with E-state index in [2.05, 4.69) is 57.4 Å². The summed E-state index contributed by atoms with van der Waals surface area (Å²) in [5.41, 5.74) is 6.24. The first-order chi connectivity index (χ1) is 17.6. The van der Waals surface area contributed by atoms with Crippen LogP contribution in [0.5, 0.6) is 0 Å². The van der Waals surface area contributed by atoms with Crippen molar-refractivity contribution < 1.29 is 18.7 Å². The van der Waals surface area contributed by atoms with Gasteiger partial charge in [0.25, 0.3) is 5.91 Å². The Morgan fingerprint density at radius 1 is 0.868 bits per heavy atom. The summed E-state index contributed by atoms with van der Waals surface area (Å²) in [6.07, 6.45) is 2.46. The molecule has 2 amide bonds. The van der Waals surface area contributed by atoms with Crippen LogP contribution in [0.25, 0.3) is 0 Å². The Labute approximate surface area is 226 Å². The Morgan fingerprint density at radius 3 is 2.00 bits per heavy atom. The minimum absolute atomic E-state index is 0.138. The smallest absolute Gasteiger partial charge is 0.412 e. The van der Waals surface area contributed by atoms with Crippen molar-refractivity contribution in [1.82, 2.24) is 0 Å². The van der Waals surface area contributed by atoms with Gasteiger partial charge in [0, 0.05) is 17.8 Å². The molecule has 0 saturated carbocycles. The molecule has 1 heterocycles. The van der Waals surface area contributed by atoms with Gasteiger partial charge >= 0.3 is 6.09 Å². The highest BCUT2D eigenvalue weighted by Gasteiger charge is 2.37. The fourth-order valence-electron chi connectivity index (χ4n) is 4.99. The molecule has 0 aliphatic heterocycles. The lowest BCUT2D eigenvalue weighted by Gasteiger charge is -2.42. The number of carbonyl (C=O) groups excluding carboxylic acids is 2. The quantitative estimate of drug-likeness (QED) is 0.359. The number of aryl methyl sites for hydroxylation is 1. The zero-order valence-electron chi connectivity index (χ0n) is 23.9. The van der Waals surface area contributed by atoms with Crippen molar-refractivity contribution in [1.29, 1.82) is 0 Å². The van der Waals surface area contributed by atoms with Crippen LogP contribution in [-0.2, 0) is 22.0 Å². The predicted molar refractivity (Wildman–Crippen MR) is 152 cm³/mol. The van der Waals surface area contributed by atoms with Crippen LogP contribution in [0.1, 0.15) is 99.9 Å². The summed E-state index contributed by atoms with van der Waals surface area (Å²) in [7, 11) is 0. The first kappa shape index (κ1) is 27.5. The van der Waals surface area contributed by atoms with Gasteiger partial charge in [0.2, 0.25) is 0 Å². The average Bonchev–Trinajstić information content (AvgIpc) is 3.27. The third kappa shape index (κ3) is 6.29. The van der Waals surface area contributed by atoms with Crippen molar-refractivity contribution in [2.75, 3.05) is 10.6 Å². The molecule has 0 fully saturated rings. The molecule has 2 aromatic carbocycles. The standard InChI is InChI=1S/C32H40N2O4/c1-20-17-25-26(32(7,8)16-15-31(25,5)6)19-21(20)18-24-13-14-27(37-24)28(35)33-22-9-11-23(12-10-22)34-29(36)38-30(2,3)4/h9-14,17,19H,15-16,18H2,1-8H3,(H,33,35)(H,34,36). The number of fused-ring (bicyclic) bond motifs is 1. The van der Waals surface area contributed by atoms with E-state index < -0.39 is 11.7 Å². The molecular weight excluding hydrogens is 476 g/mol. The highest BCUT2D eigenvalue weighted by atomic mass is 16.6. The second kappa shape index (κ2) is 9.97. The summed E-state index contributed by atoms with van der Waals surface area (Å²) in [6, 6.07) is 15.1. The number of hydrogen-bond acceptors (Lipinski definition) is 4. The fraction of sp³-hybridized carbons (Fsp3) is 0.438. The van der Waals surface area contributed by atoms with Crippen LogP contribution < -0.4 is 10.6 Å². The molecule has 202 valence electrons. The SMILES string of the molecule is Cc1cc2c(cc1Cc1ccc(C(=O)Nc3ccc(NC(=O)OC(C)(C)C)cc3)o1)C(C)(C)CCC2(C)C. The van der Waals surface area contributed by atoms with E-state index in [0.29, 0.717) is 17.8 Å². The number of rotatable bonds is 5. The van der Waals surface area contributed by atoms with E-state index >= 15 is 0 Å². The molecule has 0 radical (unpaired) electrons. The van der Waals surface area contributed by atoms with E-state index in [1.807, 2.05) is 6.07 Å². The summed E-state index contributed by atoms with van der Waals surface area (Å²) in [6.45, 7) is 16.9.